The predicted octanol–water partition coefficient (Wildman–Crippen LogP) is 1.20. The lowest BCUT2D eigenvalue weighted by molar-refractivity contribution is 0.134. The third-order valence-corrected chi connectivity index (χ3v) is 3.53. The molecule has 100 valence electrons. The summed E-state index contributed by atoms with van der Waals surface area (Å²) in [4.78, 5) is 0. The van der Waals surface area contributed by atoms with Crippen LogP contribution in [0.4, 0.5) is 0 Å². The minimum Gasteiger partial charge on any atom is -0.372 e. The van der Waals surface area contributed by atoms with Crippen molar-refractivity contribution in [1.29, 1.82) is 0 Å². The first-order valence-electron chi connectivity index (χ1n) is 6.40. The Labute approximate surface area is 112 Å². The van der Waals surface area contributed by atoms with Crippen molar-refractivity contribution in [2.75, 3.05) is 0 Å². The fourth-order valence-electron chi connectivity index (χ4n) is 2.46. The van der Waals surface area contributed by atoms with E-state index in [0.29, 0.717) is 6.61 Å². The maximum absolute atomic E-state index is 5.69. The third kappa shape index (κ3) is 2.53. The number of rotatable bonds is 4. The monoisotopic (exact) mass is 258 g/mol. The molecule has 1 aromatic heterocycles. The minimum absolute atomic E-state index is 0.0702. The normalized spacial score (nSPS) is 15.5. The van der Waals surface area contributed by atoms with Crippen LogP contribution in [0.3, 0.4) is 0 Å². The van der Waals surface area contributed by atoms with Crippen molar-refractivity contribution in [2.45, 2.75) is 25.7 Å². The molecule has 1 aliphatic heterocycles. The van der Waals surface area contributed by atoms with Crippen LogP contribution >= 0.6 is 0 Å². The summed E-state index contributed by atoms with van der Waals surface area (Å²) in [5.74, 6) is 5.69. The molecule has 5 heteroatoms. The lowest BCUT2D eigenvalue weighted by atomic mass is 9.98. The van der Waals surface area contributed by atoms with Crippen LogP contribution in [0.25, 0.3) is 0 Å². The Hall–Kier alpha value is -1.69. The van der Waals surface area contributed by atoms with Gasteiger partial charge in [0.15, 0.2) is 0 Å². The lowest BCUT2D eigenvalue weighted by Crippen LogP contribution is -2.29. The Morgan fingerprint density at radius 3 is 2.95 bits per heavy atom. The van der Waals surface area contributed by atoms with Gasteiger partial charge >= 0.3 is 0 Å². The van der Waals surface area contributed by atoms with Gasteiger partial charge in [-0.2, -0.15) is 5.10 Å². The fourth-order valence-corrected chi connectivity index (χ4v) is 2.46. The van der Waals surface area contributed by atoms with Gasteiger partial charge in [0.2, 0.25) is 0 Å². The van der Waals surface area contributed by atoms with Crippen LogP contribution in [0, 0.1) is 0 Å². The van der Waals surface area contributed by atoms with E-state index in [4.69, 9.17) is 10.6 Å². The molecule has 3 N–H and O–H groups in total. The zero-order chi connectivity index (χ0) is 13.2. The van der Waals surface area contributed by atoms with Crippen LogP contribution in [-0.2, 0) is 31.4 Å². The highest BCUT2D eigenvalue weighted by molar-refractivity contribution is 5.35. The smallest absolute Gasteiger partial charge is 0.0725 e. The molecule has 1 aliphatic rings. The SMILES string of the molecule is Cn1ccc(CC(NN)c2ccc3c(c2)COC3)n1. The summed E-state index contributed by atoms with van der Waals surface area (Å²) >= 11 is 0. The van der Waals surface area contributed by atoms with Gasteiger partial charge in [0.1, 0.15) is 0 Å². The van der Waals surface area contributed by atoms with Gasteiger partial charge in [-0.25, -0.2) is 0 Å². The van der Waals surface area contributed by atoms with Crippen LogP contribution in [0.15, 0.2) is 30.5 Å². The van der Waals surface area contributed by atoms with Gasteiger partial charge in [0, 0.05) is 19.7 Å². The van der Waals surface area contributed by atoms with Crippen LogP contribution < -0.4 is 11.3 Å². The van der Waals surface area contributed by atoms with Crippen LogP contribution in [-0.4, -0.2) is 9.78 Å². The molecule has 0 spiro atoms. The number of hydrogen-bond donors (Lipinski definition) is 2. The van der Waals surface area contributed by atoms with E-state index in [-0.39, 0.29) is 6.04 Å². The average molecular weight is 258 g/mol. The number of nitrogens with two attached hydrogens (primary N) is 1. The Kier molecular flexibility index (Phi) is 3.33. The number of hydrazine groups is 1. The van der Waals surface area contributed by atoms with E-state index in [0.717, 1.165) is 18.7 Å². The van der Waals surface area contributed by atoms with Crippen molar-refractivity contribution < 1.29 is 4.74 Å². The molecule has 2 heterocycles. The second-order valence-corrected chi connectivity index (χ2v) is 4.93. The first-order chi connectivity index (χ1) is 9.26. The van der Waals surface area contributed by atoms with Crippen molar-refractivity contribution in [3.05, 3.63) is 52.8 Å². The number of hydrogen-bond acceptors (Lipinski definition) is 4. The summed E-state index contributed by atoms with van der Waals surface area (Å²) in [6, 6.07) is 8.50. The van der Waals surface area contributed by atoms with Gasteiger partial charge in [0.25, 0.3) is 0 Å². The van der Waals surface area contributed by atoms with Gasteiger partial charge in [0.05, 0.1) is 24.9 Å². The molecule has 0 saturated carbocycles. The number of ether oxygens (including phenoxy) is 1. The second kappa shape index (κ2) is 5.13. The zero-order valence-electron chi connectivity index (χ0n) is 11.0. The standard InChI is InChI=1S/C14H18N4O/c1-18-5-4-13(17-18)7-14(16-15)10-2-3-11-8-19-9-12(11)6-10/h2-6,14,16H,7-9,15H2,1H3. The minimum atomic E-state index is 0.0702. The number of nitrogens with one attached hydrogen (secondary N) is 1. The van der Waals surface area contributed by atoms with Gasteiger partial charge in [-0.3, -0.25) is 16.0 Å². The van der Waals surface area contributed by atoms with Crippen molar-refractivity contribution >= 4 is 0 Å². The summed E-state index contributed by atoms with van der Waals surface area (Å²) in [5.41, 5.74) is 7.62. The topological polar surface area (TPSA) is 65.1 Å². The van der Waals surface area contributed by atoms with Crippen LogP contribution in [0.1, 0.15) is 28.4 Å². The average Bonchev–Trinajstić information content (AvgIpc) is 3.03. The van der Waals surface area contributed by atoms with Gasteiger partial charge in [-0.05, 0) is 22.8 Å². The zero-order valence-corrected chi connectivity index (χ0v) is 11.0. The van der Waals surface area contributed by atoms with Gasteiger partial charge < -0.3 is 4.74 Å². The highest BCUT2D eigenvalue weighted by Crippen LogP contribution is 2.25. The molecule has 1 unspecified atom stereocenters. The molecule has 0 saturated heterocycles. The summed E-state index contributed by atoms with van der Waals surface area (Å²) in [6.45, 7) is 1.42. The van der Waals surface area contributed by atoms with E-state index in [2.05, 4.69) is 28.7 Å². The molecule has 3 rings (SSSR count). The number of benzene rings is 1. The largest absolute Gasteiger partial charge is 0.372 e. The molecule has 0 amide bonds. The molecule has 0 bridgehead atoms. The first-order valence-corrected chi connectivity index (χ1v) is 6.40. The molecule has 1 atom stereocenters. The lowest BCUT2D eigenvalue weighted by Gasteiger charge is -2.16. The second-order valence-electron chi connectivity index (χ2n) is 4.93. The van der Waals surface area contributed by atoms with E-state index in [9.17, 15) is 0 Å². The summed E-state index contributed by atoms with van der Waals surface area (Å²) in [7, 11) is 1.92. The molecule has 0 radical (unpaired) electrons. The quantitative estimate of drug-likeness (QED) is 0.639. The maximum Gasteiger partial charge on any atom is 0.0725 e. The first kappa shape index (κ1) is 12.3. The number of aryl methyl sites for hydroxylation is 1. The van der Waals surface area contributed by atoms with E-state index >= 15 is 0 Å². The van der Waals surface area contributed by atoms with E-state index in [1.807, 2.05) is 19.3 Å². The third-order valence-electron chi connectivity index (χ3n) is 3.53. The van der Waals surface area contributed by atoms with E-state index in [1.165, 1.54) is 16.7 Å². The van der Waals surface area contributed by atoms with Crippen molar-refractivity contribution in [3.8, 4) is 0 Å². The molecule has 0 aliphatic carbocycles. The van der Waals surface area contributed by atoms with Gasteiger partial charge in [-0.1, -0.05) is 18.2 Å². The molecule has 5 nitrogen and oxygen atoms in total. The summed E-state index contributed by atoms with van der Waals surface area (Å²) in [5, 5.41) is 4.39. The maximum atomic E-state index is 5.69. The van der Waals surface area contributed by atoms with Gasteiger partial charge in [-0.15, -0.1) is 0 Å². The van der Waals surface area contributed by atoms with Crippen LogP contribution in [0.5, 0.6) is 0 Å². The molecule has 1 aromatic carbocycles. The molecule has 19 heavy (non-hydrogen) atoms. The van der Waals surface area contributed by atoms with Crippen molar-refractivity contribution in [3.63, 3.8) is 0 Å². The van der Waals surface area contributed by atoms with Crippen molar-refractivity contribution in [1.82, 2.24) is 15.2 Å². The molecular formula is C14H18N4O. The number of nitrogens with zero attached hydrogens (tertiary/aromatic N) is 2. The molecular weight excluding hydrogens is 240 g/mol. The van der Waals surface area contributed by atoms with Crippen molar-refractivity contribution in [2.24, 2.45) is 12.9 Å². The Morgan fingerprint density at radius 2 is 2.21 bits per heavy atom. The summed E-state index contributed by atoms with van der Waals surface area (Å²) < 4.78 is 7.24. The Morgan fingerprint density at radius 1 is 1.37 bits per heavy atom. The van der Waals surface area contributed by atoms with Crippen LogP contribution in [0.2, 0.25) is 0 Å². The summed E-state index contributed by atoms with van der Waals surface area (Å²) in [6.07, 6.45) is 2.72. The Bertz CT molecular complexity index is 579. The number of aromatic nitrogens is 2. The molecule has 2 aromatic rings. The highest BCUT2D eigenvalue weighted by atomic mass is 16.5. The number of fused-ring (bicyclic) bond motifs is 1. The highest BCUT2D eigenvalue weighted by Gasteiger charge is 2.16. The van der Waals surface area contributed by atoms with E-state index in [1.54, 1.807) is 4.68 Å². The fraction of sp³-hybridized carbons (Fsp3) is 0.357. The molecule has 0 fully saturated rings. The predicted molar refractivity (Wildman–Crippen MR) is 71.9 cm³/mol. The Balaban J connectivity index is 1.82. The van der Waals surface area contributed by atoms with E-state index < -0.39 is 0 Å².